The van der Waals surface area contributed by atoms with Crippen LogP contribution in [0, 0.1) is 6.92 Å². The van der Waals surface area contributed by atoms with Crippen molar-refractivity contribution in [2.24, 2.45) is 0 Å². The zero-order valence-electron chi connectivity index (χ0n) is 12.3. The number of carbonyl (C=O) groups is 1. The molecule has 1 amide bonds. The Bertz CT molecular complexity index is 828. The molecule has 0 fully saturated rings. The predicted octanol–water partition coefficient (Wildman–Crippen LogP) is 2.99. The summed E-state index contributed by atoms with van der Waals surface area (Å²) in [6.07, 6.45) is -4.46. The first-order valence-corrected chi connectivity index (χ1v) is 8.91. The fraction of sp³-hybridized carbons (Fsp3) is 0.214. The SMILES string of the molecule is Cc1ccc(S(=O)(=O)NCC(=O)Nc2ccc(C(F)(F)F)cc2)s1. The molecule has 0 unspecified atom stereocenters. The smallest absolute Gasteiger partial charge is 0.325 e. The maximum absolute atomic E-state index is 12.4. The number of alkyl halides is 3. The van der Waals surface area contributed by atoms with Crippen LogP contribution in [0.15, 0.2) is 40.6 Å². The summed E-state index contributed by atoms with van der Waals surface area (Å²) in [7, 11) is -3.79. The molecule has 1 aromatic carbocycles. The van der Waals surface area contributed by atoms with Gasteiger partial charge in [0.15, 0.2) is 0 Å². The molecule has 1 heterocycles. The molecule has 2 aromatic rings. The van der Waals surface area contributed by atoms with Crippen molar-refractivity contribution >= 4 is 33.0 Å². The van der Waals surface area contributed by atoms with Gasteiger partial charge in [-0.3, -0.25) is 4.79 Å². The Morgan fingerprint density at radius 1 is 1.12 bits per heavy atom. The summed E-state index contributed by atoms with van der Waals surface area (Å²) in [5, 5.41) is 2.32. The number of amides is 1. The number of hydrogen-bond acceptors (Lipinski definition) is 4. The highest BCUT2D eigenvalue weighted by Gasteiger charge is 2.30. The number of anilines is 1. The molecule has 24 heavy (non-hydrogen) atoms. The second-order valence-corrected chi connectivity index (χ2v) is 8.09. The lowest BCUT2D eigenvalue weighted by atomic mass is 10.2. The van der Waals surface area contributed by atoms with Crippen LogP contribution < -0.4 is 10.0 Å². The van der Waals surface area contributed by atoms with Crippen molar-refractivity contribution in [2.45, 2.75) is 17.3 Å². The molecule has 0 spiro atoms. The predicted molar refractivity (Wildman–Crippen MR) is 84.3 cm³/mol. The zero-order chi connectivity index (χ0) is 18.0. The summed E-state index contributed by atoms with van der Waals surface area (Å²) in [6.45, 7) is 1.22. The minimum absolute atomic E-state index is 0.0855. The first kappa shape index (κ1) is 18.4. The third-order valence-corrected chi connectivity index (χ3v) is 5.79. The lowest BCUT2D eigenvalue weighted by Crippen LogP contribution is -2.32. The van der Waals surface area contributed by atoms with Gasteiger partial charge in [0.1, 0.15) is 4.21 Å². The fourth-order valence-electron chi connectivity index (χ4n) is 1.74. The van der Waals surface area contributed by atoms with E-state index in [0.717, 1.165) is 40.5 Å². The Balaban J connectivity index is 1.94. The number of benzene rings is 1. The van der Waals surface area contributed by atoms with E-state index in [1.807, 2.05) is 0 Å². The average Bonchev–Trinajstić information content (AvgIpc) is 2.92. The number of hydrogen-bond donors (Lipinski definition) is 2. The molecule has 0 aliphatic carbocycles. The van der Waals surface area contributed by atoms with E-state index in [9.17, 15) is 26.4 Å². The maximum Gasteiger partial charge on any atom is 0.416 e. The molecule has 10 heteroatoms. The Labute approximate surface area is 140 Å². The van der Waals surface area contributed by atoms with E-state index in [1.54, 1.807) is 13.0 Å². The minimum atomic E-state index is -4.46. The van der Waals surface area contributed by atoms with E-state index >= 15 is 0 Å². The van der Waals surface area contributed by atoms with E-state index in [4.69, 9.17) is 0 Å². The first-order chi connectivity index (χ1) is 11.1. The summed E-state index contributed by atoms with van der Waals surface area (Å²) in [6, 6.07) is 6.91. The lowest BCUT2D eigenvalue weighted by Gasteiger charge is -2.09. The number of thiophene rings is 1. The first-order valence-electron chi connectivity index (χ1n) is 6.61. The van der Waals surface area contributed by atoms with Crippen LogP contribution in [0.3, 0.4) is 0 Å². The van der Waals surface area contributed by atoms with Crippen molar-refractivity contribution < 1.29 is 26.4 Å². The third-order valence-electron chi connectivity index (χ3n) is 2.90. The van der Waals surface area contributed by atoms with Gasteiger partial charge in [-0.15, -0.1) is 11.3 Å². The monoisotopic (exact) mass is 378 g/mol. The van der Waals surface area contributed by atoms with Crippen LogP contribution in [0.2, 0.25) is 0 Å². The molecule has 0 saturated carbocycles. The standard InChI is InChI=1S/C14H13F3N2O3S2/c1-9-2-7-13(23-9)24(21,22)18-8-12(20)19-11-5-3-10(4-6-11)14(15,16)17/h2-7,18H,8H2,1H3,(H,19,20). The highest BCUT2D eigenvalue weighted by Crippen LogP contribution is 2.29. The molecule has 1 aromatic heterocycles. The Kier molecular flexibility index (Phi) is 5.31. The second kappa shape index (κ2) is 6.91. The molecule has 0 bridgehead atoms. The van der Waals surface area contributed by atoms with Crippen molar-refractivity contribution in [3.63, 3.8) is 0 Å². The van der Waals surface area contributed by atoms with E-state index < -0.39 is 34.2 Å². The molecular weight excluding hydrogens is 365 g/mol. The quantitative estimate of drug-likeness (QED) is 0.840. The van der Waals surface area contributed by atoms with Crippen molar-refractivity contribution in [1.82, 2.24) is 4.72 Å². The number of carbonyl (C=O) groups excluding carboxylic acids is 1. The maximum atomic E-state index is 12.4. The van der Waals surface area contributed by atoms with Gasteiger partial charge in [-0.25, -0.2) is 13.1 Å². The molecule has 2 rings (SSSR count). The van der Waals surface area contributed by atoms with Crippen LogP contribution in [0.4, 0.5) is 18.9 Å². The average molecular weight is 378 g/mol. The molecule has 5 nitrogen and oxygen atoms in total. The van der Waals surface area contributed by atoms with Gasteiger partial charge >= 0.3 is 6.18 Å². The van der Waals surface area contributed by atoms with Crippen LogP contribution >= 0.6 is 11.3 Å². The van der Waals surface area contributed by atoms with E-state index in [2.05, 4.69) is 10.0 Å². The summed E-state index contributed by atoms with van der Waals surface area (Å²) in [4.78, 5) is 12.5. The summed E-state index contributed by atoms with van der Waals surface area (Å²) >= 11 is 1.07. The largest absolute Gasteiger partial charge is 0.416 e. The van der Waals surface area contributed by atoms with Crippen LogP contribution in [-0.2, 0) is 21.0 Å². The van der Waals surface area contributed by atoms with Crippen LogP contribution in [0.1, 0.15) is 10.4 Å². The highest BCUT2D eigenvalue weighted by atomic mass is 32.2. The van der Waals surface area contributed by atoms with E-state index in [0.29, 0.717) is 0 Å². The lowest BCUT2D eigenvalue weighted by molar-refractivity contribution is -0.137. The van der Waals surface area contributed by atoms with Gasteiger partial charge in [0.2, 0.25) is 5.91 Å². The second-order valence-electron chi connectivity index (χ2n) is 4.81. The molecule has 0 aliphatic rings. The number of nitrogens with one attached hydrogen (secondary N) is 2. The number of aryl methyl sites for hydroxylation is 1. The molecule has 0 saturated heterocycles. The summed E-state index contributed by atoms with van der Waals surface area (Å²) in [5.41, 5.74) is -0.701. The van der Waals surface area contributed by atoms with Crippen molar-refractivity contribution in [2.75, 3.05) is 11.9 Å². The molecule has 0 radical (unpaired) electrons. The molecule has 0 atom stereocenters. The van der Waals surface area contributed by atoms with Gasteiger partial charge in [-0.1, -0.05) is 0 Å². The molecular formula is C14H13F3N2O3S2. The number of rotatable bonds is 5. The van der Waals surface area contributed by atoms with Gasteiger partial charge in [0.25, 0.3) is 10.0 Å². The Morgan fingerprint density at radius 2 is 1.75 bits per heavy atom. The van der Waals surface area contributed by atoms with Gasteiger partial charge in [-0.05, 0) is 43.3 Å². The van der Waals surface area contributed by atoms with Crippen LogP contribution in [0.5, 0.6) is 0 Å². The zero-order valence-corrected chi connectivity index (χ0v) is 14.0. The van der Waals surface area contributed by atoms with Gasteiger partial charge in [-0.2, -0.15) is 13.2 Å². The number of sulfonamides is 1. The van der Waals surface area contributed by atoms with E-state index in [1.165, 1.54) is 6.07 Å². The van der Waals surface area contributed by atoms with Gasteiger partial charge in [0, 0.05) is 10.6 Å². The van der Waals surface area contributed by atoms with Gasteiger partial charge < -0.3 is 5.32 Å². The van der Waals surface area contributed by atoms with E-state index in [-0.39, 0.29) is 9.90 Å². The Morgan fingerprint density at radius 3 is 2.25 bits per heavy atom. The third kappa shape index (κ3) is 4.79. The fourth-order valence-corrected chi connectivity index (χ4v) is 4.05. The molecule has 2 N–H and O–H groups in total. The topological polar surface area (TPSA) is 75.3 Å². The van der Waals surface area contributed by atoms with Crippen LogP contribution in [0.25, 0.3) is 0 Å². The normalized spacial score (nSPS) is 12.2. The Hall–Kier alpha value is -1.91. The highest BCUT2D eigenvalue weighted by molar-refractivity contribution is 7.91. The van der Waals surface area contributed by atoms with Crippen molar-refractivity contribution in [3.8, 4) is 0 Å². The number of halogens is 3. The van der Waals surface area contributed by atoms with Crippen molar-refractivity contribution in [3.05, 3.63) is 46.8 Å². The van der Waals surface area contributed by atoms with Crippen molar-refractivity contribution in [1.29, 1.82) is 0 Å². The summed E-state index contributed by atoms with van der Waals surface area (Å²) in [5.74, 6) is -0.688. The van der Waals surface area contributed by atoms with Crippen LogP contribution in [-0.4, -0.2) is 20.9 Å². The minimum Gasteiger partial charge on any atom is -0.325 e. The molecule has 130 valence electrons. The van der Waals surface area contributed by atoms with Gasteiger partial charge in [0.05, 0.1) is 12.1 Å². The summed E-state index contributed by atoms with van der Waals surface area (Å²) < 4.78 is 63.4. The molecule has 0 aliphatic heterocycles.